The smallest absolute Gasteiger partial charge is 0.0654 e. The standard InChI is InChI=1S/C62H104N2.2C24H49.Ni/c1-9-17-24-25-26-27-28-29-30-31-32-39-46-60-57(16-8)61(55-47-51(40-33-18-10-2)58(44-37-22-14-6)52(48-55)41-34-19-11-3)64(63)62(60)56-49-53(42-35-20-12-4)59(45-38-23-15-7)54(50-56)43-36-21-13-5;2*1-3-5-7-9-11-13-15-17-19-21-23-24-22-20-18-16-14-12-10-8-6-4-2;/h47-50H,9-46H2,1-8H3;2*1,3-24H2,2H3;. The van der Waals surface area contributed by atoms with Gasteiger partial charge in [-0.1, -0.05) is 358 Å². The van der Waals surface area contributed by atoms with Crippen LogP contribution in [0.2, 0.25) is 10.8 Å². The van der Waals surface area contributed by atoms with Crippen molar-refractivity contribution >= 4 is 11.4 Å². The van der Waals surface area contributed by atoms with Crippen LogP contribution in [-0.4, -0.2) is 4.70 Å². The molecule has 0 radical (unpaired) electrons. The van der Waals surface area contributed by atoms with Crippen LogP contribution in [0.1, 0.15) is 602 Å². The minimum atomic E-state index is 0.944. The summed E-state index contributed by atoms with van der Waals surface area (Å²) < 4.78 is 1.74. The van der Waals surface area contributed by atoms with Crippen molar-refractivity contribution in [3.05, 3.63) is 85.5 Å². The molecule has 0 bridgehead atoms. The number of rotatable bonds is 86. The summed E-state index contributed by atoms with van der Waals surface area (Å²) in [5, 5.41) is 2.87. The molecule has 3 heteroatoms. The first-order chi connectivity index (χ1) is 55.8. The summed E-state index contributed by atoms with van der Waals surface area (Å²) >= 11 is 2.05. The molecule has 0 atom stereocenters. The Balaban J connectivity index is 0.000000797. The van der Waals surface area contributed by atoms with Gasteiger partial charge in [0.15, 0.2) is 0 Å². The number of nitrogens with zero attached hydrogens (tertiary/aromatic N) is 2. The molecule has 113 heavy (non-hydrogen) atoms. The van der Waals surface area contributed by atoms with Gasteiger partial charge < -0.3 is 5.53 Å². The van der Waals surface area contributed by atoms with Gasteiger partial charge in [0.05, 0.1) is 0 Å². The van der Waals surface area contributed by atoms with Gasteiger partial charge in [0.1, 0.15) is 0 Å². The van der Waals surface area contributed by atoms with Gasteiger partial charge in [-0.15, -0.1) is 0 Å². The molecule has 0 spiro atoms. The van der Waals surface area contributed by atoms with E-state index in [2.05, 4.69) is 108 Å². The van der Waals surface area contributed by atoms with Crippen LogP contribution in [0.5, 0.6) is 0 Å². The molecular weight excluding hydrogens is 1410 g/mol. The van der Waals surface area contributed by atoms with Crippen LogP contribution in [0.25, 0.3) is 16.9 Å². The van der Waals surface area contributed by atoms with Gasteiger partial charge in [-0.2, -0.15) is 0 Å². The van der Waals surface area contributed by atoms with Gasteiger partial charge in [-0.3, -0.25) is 0 Å². The van der Waals surface area contributed by atoms with Gasteiger partial charge >= 0.3 is 166 Å². The van der Waals surface area contributed by atoms with E-state index in [0.717, 1.165) is 49.9 Å². The number of hydrogen-bond acceptors (Lipinski definition) is 0. The minimum absolute atomic E-state index is 0.944. The summed E-state index contributed by atoms with van der Waals surface area (Å²) in [6, 6.07) is 10.3. The fourth-order valence-electron chi connectivity index (χ4n) is 18.4. The zero-order valence-electron chi connectivity index (χ0n) is 78.9. The summed E-state index contributed by atoms with van der Waals surface area (Å²) in [6.45, 7) is 23.3. The Kier molecular flexibility index (Phi) is 78.0. The predicted molar refractivity (Wildman–Crippen MR) is 510 cm³/mol. The van der Waals surface area contributed by atoms with Crippen molar-refractivity contribution in [2.24, 2.45) is 0 Å². The number of aryl methyl sites for hydroxylation is 4. The van der Waals surface area contributed by atoms with Crippen LogP contribution in [-0.2, 0) is 53.0 Å². The first kappa shape index (κ1) is 107. The molecule has 1 aliphatic rings. The van der Waals surface area contributed by atoms with E-state index < -0.39 is 0 Å². The molecule has 0 saturated heterocycles. The first-order valence-electron chi connectivity index (χ1n) is 52.6. The Labute approximate surface area is 717 Å². The Morgan fingerprint density at radius 1 is 0.195 bits per heavy atom. The van der Waals surface area contributed by atoms with E-state index >= 15 is 0 Å². The third kappa shape index (κ3) is 57.0. The predicted octanol–water partition coefficient (Wildman–Crippen LogP) is 39.9. The van der Waals surface area contributed by atoms with Crippen molar-refractivity contribution in [3.8, 4) is 0 Å². The molecule has 662 valence electrons. The molecule has 0 amide bonds. The van der Waals surface area contributed by atoms with E-state index in [0.29, 0.717) is 0 Å². The molecule has 1 heterocycles. The fourth-order valence-corrected chi connectivity index (χ4v) is 19.7. The summed E-state index contributed by atoms with van der Waals surface area (Å²) in [7, 11) is 0. The van der Waals surface area contributed by atoms with Crippen molar-refractivity contribution in [2.75, 3.05) is 0 Å². The van der Waals surface area contributed by atoms with Crippen LogP contribution in [0, 0.1) is 0 Å². The minimum Gasteiger partial charge on any atom is -0.0654 e. The SMILES string of the molecule is CCCCCCCCCCCCCCC1=C(c2cc(CCCCC)c(CCCCC)c(CCCCC)c2)[N+](=[N-])C(c2cc(CCCCC)c(CCCCC)c(CCCCC)c2)=C1CC.CCCCCCCCCCCCCCCCCCCCCCC[CH2][Ni][CH2]CCCCCCCCCCCCCCCCCCCCCCC. The van der Waals surface area contributed by atoms with Gasteiger partial charge in [0.2, 0.25) is 11.4 Å². The zero-order chi connectivity index (χ0) is 81.4. The van der Waals surface area contributed by atoms with E-state index in [4.69, 9.17) is 0 Å². The summed E-state index contributed by atoms with van der Waals surface area (Å²) in [6.07, 6.45) is 113. The number of unbranched alkanes of at least 4 members (excludes halogenated alkanes) is 65. The molecule has 2 aromatic rings. The van der Waals surface area contributed by atoms with Gasteiger partial charge in [0, 0.05) is 22.3 Å². The molecular formula is C110H202N2Ni. The first-order valence-corrected chi connectivity index (χ1v) is 54.0. The molecule has 0 aromatic heterocycles. The number of hydrogen-bond donors (Lipinski definition) is 0. The summed E-state index contributed by atoms with van der Waals surface area (Å²) in [5.41, 5.74) is 30.1. The van der Waals surface area contributed by atoms with E-state index in [1.165, 1.54) is 521 Å². The summed E-state index contributed by atoms with van der Waals surface area (Å²) in [4.78, 5) is 0. The maximum absolute atomic E-state index is 13.0. The third-order valence-corrected chi connectivity index (χ3v) is 27.2. The van der Waals surface area contributed by atoms with Crippen molar-refractivity contribution in [2.45, 2.75) is 607 Å². The van der Waals surface area contributed by atoms with Crippen LogP contribution < -0.4 is 0 Å². The Morgan fingerprint density at radius 3 is 0.575 bits per heavy atom. The average Bonchev–Trinajstić information content (AvgIpc) is 1.61. The molecule has 0 aliphatic carbocycles. The Bertz CT molecular complexity index is 2350. The summed E-state index contributed by atoms with van der Waals surface area (Å²) in [5.74, 6) is 0. The second-order valence-corrected chi connectivity index (χ2v) is 38.1. The third-order valence-electron chi connectivity index (χ3n) is 25.8. The van der Waals surface area contributed by atoms with E-state index in [9.17, 15) is 5.53 Å². The number of allylic oxidation sites excluding steroid dienone is 2. The molecule has 0 saturated carbocycles. The van der Waals surface area contributed by atoms with Crippen LogP contribution >= 0.6 is 0 Å². The molecule has 2 aromatic carbocycles. The quantitative estimate of drug-likeness (QED) is 0.0358. The second kappa shape index (κ2) is 82.3. The monoisotopic (exact) mass is 1610 g/mol. The normalized spacial score (nSPS) is 12.5. The van der Waals surface area contributed by atoms with Crippen LogP contribution in [0.15, 0.2) is 35.4 Å². The molecule has 2 nitrogen and oxygen atoms in total. The Hall–Kier alpha value is -1.99. The fraction of sp³-hybridized carbons (Fsp3) is 0.855. The molecule has 0 fully saturated rings. The van der Waals surface area contributed by atoms with E-state index in [-0.39, 0.29) is 0 Å². The Morgan fingerprint density at radius 2 is 0.363 bits per heavy atom. The average molecular weight is 1610 g/mol. The molecule has 0 unspecified atom stereocenters. The van der Waals surface area contributed by atoms with Crippen LogP contribution in [0.4, 0.5) is 0 Å². The molecule has 1 aliphatic heterocycles. The molecule has 3 rings (SSSR count). The van der Waals surface area contributed by atoms with Gasteiger partial charge in [-0.25, -0.2) is 4.70 Å². The van der Waals surface area contributed by atoms with E-state index in [1.54, 1.807) is 38.1 Å². The van der Waals surface area contributed by atoms with Gasteiger partial charge in [0.25, 0.3) is 0 Å². The number of benzene rings is 2. The zero-order valence-corrected chi connectivity index (χ0v) is 79.9. The topological polar surface area (TPSA) is 25.3 Å². The second-order valence-electron chi connectivity index (χ2n) is 36.6. The van der Waals surface area contributed by atoms with Crippen molar-refractivity contribution < 1.29 is 19.1 Å². The van der Waals surface area contributed by atoms with Gasteiger partial charge in [-0.05, 0) is 154 Å². The maximum atomic E-state index is 13.0. The van der Waals surface area contributed by atoms with Crippen LogP contribution in [0.3, 0.4) is 0 Å². The van der Waals surface area contributed by atoms with E-state index in [1.807, 2.05) is 0 Å². The van der Waals surface area contributed by atoms with Crippen molar-refractivity contribution in [1.29, 1.82) is 0 Å². The molecule has 0 N–H and O–H groups in total. The van der Waals surface area contributed by atoms with Crippen molar-refractivity contribution in [3.63, 3.8) is 0 Å². The van der Waals surface area contributed by atoms with Crippen molar-refractivity contribution in [1.82, 2.24) is 0 Å².